The first-order valence-electron chi connectivity index (χ1n) is 8.34. The number of hydrogen-bond donors (Lipinski definition) is 0. The number of piperazine rings is 1. The van der Waals surface area contributed by atoms with Gasteiger partial charge in [-0.3, -0.25) is 9.69 Å². The minimum absolute atomic E-state index is 0.112. The fourth-order valence-corrected chi connectivity index (χ4v) is 3.12. The molecule has 0 radical (unpaired) electrons. The van der Waals surface area contributed by atoms with E-state index in [1.165, 1.54) is 10.8 Å². The van der Waals surface area contributed by atoms with Crippen molar-refractivity contribution >= 4 is 22.8 Å². The van der Waals surface area contributed by atoms with Gasteiger partial charge >= 0.3 is 0 Å². The molecule has 1 amide bonds. The molecule has 0 N–H and O–H groups in total. The predicted octanol–water partition coefficient (Wildman–Crippen LogP) is 3.41. The maximum atomic E-state index is 12.4. The Morgan fingerprint density at radius 2 is 1.70 bits per heavy atom. The van der Waals surface area contributed by atoms with E-state index in [4.69, 9.17) is 0 Å². The molecule has 1 saturated heterocycles. The van der Waals surface area contributed by atoms with E-state index in [0.29, 0.717) is 6.04 Å². The Hall–Kier alpha value is -2.13. The van der Waals surface area contributed by atoms with Gasteiger partial charge in [0.1, 0.15) is 0 Å². The second-order valence-electron chi connectivity index (χ2n) is 6.36. The number of fused-ring (bicyclic) bond motifs is 1. The van der Waals surface area contributed by atoms with Gasteiger partial charge in [0.2, 0.25) is 5.91 Å². The van der Waals surface area contributed by atoms with E-state index in [-0.39, 0.29) is 5.91 Å². The fraction of sp³-hybridized carbons (Fsp3) is 0.350. The second kappa shape index (κ2) is 6.97. The zero-order valence-corrected chi connectivity index (χ0v) is 13.9. The number of carbonyl (C=O) groups is 1. The topological polar surface area (TPSA) is 23.6 Å². The summed E-state index contributed by atoms with van der Waals surface area (Å²) in [6, 6.07) is 15.0. The van der Waals surface area contributed by atoms with Crippen LogP contribution in [-0.2, 0) is 4.79 Å². The molecular weight excluding hydrogens is 284 g/mol. The summed E-state index contributed by atoms with van der Waals surface area (Å²) < 4.78 is 0. The zero-order valence-electron chi connectivity index (χ0n) is 13.9. The van der Waals surface area contributed by atoms with Crippen LogP contribution in [0.5, 0.6) is 0 Å². The lowest BCUT2D eigenvalue weighted by molar-refractivity contribution is -0.127. The molecule has 2 aromatic rings. The van der Waals surface area contributed by atoms with Crippen LogP contribution in [0.3, 0.4) is 0 Å². The van der Waals surface area contributed by atoms with Crippen molar-refractivity contribution < 1.29 is 4.79 Å². The van der Waals surface area contributed by atoms with Crippen molar-refractivity contribution in [3.8, 4) is 0 Å². The Balaban J connectivity index is 1.69. The number of hydrogen-bond acceptors (Lipinski definition) is 2. The lowest BCUT2D eigenvalue weighted by Crippen LogP contribution is -2.50. The van der Waals surface area contributed by atoms with Crippen molar-refractivity contribution in [3.63, 3.8) is 0 Å². The highest BCUT2D eigenvalue weighted by Crippen LogP contribution is 2.19. The third kappa shape index (κ3) is 3.62. The van der Waals surface area contributed by atoms with E-state index in [9.17, 15) is 4.79 Å². The third-order valence-corrected chi connectivity index (χ3v) is 4.59. The SMILES string of the molecule is CC(C)N1CCN(C(=O)C=Cc2cccc3ccccc23)CC1. The highest BCUT2D eigenvalue weighted by Gasteiger charge is 2.20. The van der Waals surface area contributed by atoms with Crippen molar-refractivity contribution in [1.29, 1.82) is 0 Å². The Bertz CT molecular complexity index is 707. The molecule has 0 atom stereocenters. The molecule has 1 aliphatic rings. The first-order chi connectivity index (χ1) is 11.1. The Morgan fingerprint density at radius 3 is 2.43 bits per heavy atom. The summed E-state index contributed by atoms with van der Waals surface area (Å²) in [6.45, 7) is 7.97. The van der Waals surface area contributed by atoms with Crippen LogP contribution in [0, 0.1) is 0 Å². The summed E-state index contributed by atoms with van der Waals surface area (Å²) in [7, 11) is 0. The minimum Gasteiger partial charge on any atom is -0.337 e. The molecule has 3 nitrogen and oxygen atoms in total. The van der Waals surface area contributed by atoms with Gasteiger partial charge in [0, 0.05) is 38.3 Å². The van der Waals surface area contributed by atoms with Gasteiger partial charge in [-0.2, -0.15) is 0 Å². The van der Waals surface area contributed by atoms with Crippen molar-refractivity contribution in [2.45, 2.75) is 19.9 Å². The van der Waals surface area contributed by atoms with Crippen molar-refractivity contribution in [1.82, 2.24) is 9.80 Å². The maximum absolute atomic E-state index is 12.4. The Kier molecular flexibility index (Phi) is 4.77. The van der Waals surface area contributed by atoms with Crippen LogP contribution in [0.2, 0.25) is 0 Å². The molecule has 0 unspecified atom stereocenters. The van der Waals surface area contributed by atoms with Crippen LogP contribution in [-0.4, -0.2) is 47.9 Å². The van der Waals surface area contributed by atoms with Gasteiger partial charge in [-0.05, 0) is 36.3 Å². The van der Waals surface area contributed by atoms with E-state index in [0.717, 1.165) is 31.7 Å². The Labute approximate surface area is 138 Å². The summed E-state index contributed by atoms with van der Waals surface area (Å²) in [4.78, 5) is 16.8. The van der Waals surface area contributed by atoms with E-state index < -0.39 is 0 Å². The molecule has 2 aromatic carbocycles. The quantitative estimate of drug-likeness (QED) is 0.811. The van der Waals surface area contributed by atoms with Crippen molar-refractivity contribution in [3.05, 3.63) is 54.1 Å². The van der Waals surface area contributed by atoms with E-state index >= 15 is 0 Å². The van der Waals surface area contributed by atoms with Crippen molar-refractivity contribution in [2.24, 2.45) is 0 Å². The number of nitrogens with zero attached hydrogens (tertiary/aromatic N) is 2. The summed E-state index contributed by atoms with van der Waals surface area (Å²) in [6.07, 6.45) is 3.66. The lowest BCUT2D eigenvalue weighted by Gasteiger charge is -2.36. The fourth-order valence-electron chi connectivity index (χ4n) is 3.12. The lowest BCUT2D eigenvalue weighted by atomic mass is 10.0. The third-order valence-electron chi connectivity index (χ3n) is 4.59. The average molecular weight is 308 g/mol. The first kappa shape index (κ1) is 15.8. The Morgan fingerprint density at radius 1 is 1.00 bits per heavy atom. The van der Waals surface area contributed by atoms with Gasteiger partial charge in [-0.1, -0.05) is 42.5 Å². The number of carbonyl (C=O) groups excluding carboxylic acids is 1. The van der Waals surface area contributed by atoms with Crippen LogP contribution >= 0.6 is 0 Å². The molecule has 120 valence electrons. The molecule has 0 aliphatic carbocycles. The maximum Gasteiger partial charge on any atom is 0.246 e. The van der Waals surface area contributed by atoms with Crippen LogP contribution < -0.4 is 0 Å². The van der Waals surface area contributed by atoms with Crippen LogP contribution in [0.15, 0.2) is 48.5 Å². The molecule has 0 bridgehead atoms. The molecule has 0 saturated carbocycles. The number of benzene rings is 2. The van der Waals surface area contributed by atoms with Crippen molar-refractivity contribution in [2.75, 3.05) is 26.2 Å². The summed E-state index contributed by atoms with van der Waals surface area (Å²) >= 11 is 0. The van der Waals surface area contributed by atoms with Gasteiger partial charge in [0.15, 0.2) is 0 Å². The molecular formula is C20H24N2O. The molecule has 1 heterocycles. The smallest absolute Gasteiger partial charge is 0.246 e. The van der Waals surface area contributed by atoms with Gasteiger partial charge < -0.3 is 4.90 Å². The van der Waals surface area contributed by atoms with E-state index in [1.54, 1.807) is 6.08 Å². The average Bonchev–Trinajstić information content (AvgIpc) is 2.59. The molecule has 0 aromatic heterocycles. The monoisotopic (exact) mass is 308 g/mol. The summed E-state index contributed by atoms with van der Waals surface area (Å²) in [5.74, 6) is 0.112. The van der Waals surface area contributed by atoms with Gasteiger partial charge in [0.25, 0.3) is 0 Å². The largest absolute Gasteiger partial charge is 0.337 e. The molecule has 3 rings (SSSR count). The first-order valence-corrected chi connectivity index (χ1v) is 8.34. The number of amides is 1. The normalized spacial score (nSPS) is 16.6. The van der Waals surface area contributed by atoms with Gasteiger partial charge in [0.05, 0.1) is 0 Å². The van der Waals surface area contributed by atoms with Gasteiger partial charge in [-0.15, -0.1) is 0 Å². The molecule has 0 spiro atoms. The summed E-state index contributed by atoms with van der Waals surface area (Å²) in [5.41, 5.74) is 1.09. The van der Waals surface area contributed by atoms with Crippen LogP contribution in [0.25, 0.3) is 16.8 Å². The van der Waals surface area contributed by atoms with Gasteiger partial charge in [-0.25, -0.2) is 0 Å². The molecule has 23 heavy (non-hydrogen) atoms. The van der Waals surface area contributed by atoms with Crippen LogP contribution in [0.1, 0.15) is 19.4 Å². The van der Waals surface area contributed by atoms with E-state index in [1.807, 2.05) is 29.2 Å². The molecule has 1 aliphatic heterocycles. The number of rotatable bonds is 3. The summed E-state index contributed by atoms with van der Waals surface area (Å²) in [5, 5.41) is 2.39. The highest BCUT2D eigenvalue weighted by atomic mass is 16.2. The van der Waals surface area contributed by atoms with Crippen LogP contribution in [0.4, 0.5) is 0 Å². The minimum atomic E-state index is 0.112. The predicted molar refractivity (Wildman–Crippen MR) is 96.3 cm³/mol. The standard InChI is InChI=1S/C20H24N2O/c1-16(2)21-12-14-22(15-13-21)20(23)11-10-18-8-5-7-17-6-3-4-9-19(17)18/h3-11,16H,12-15H2,1-2H3. The van der Waals surface area contributed by atoms with E-state index in [2.05, 4.69) is 43.0 Å². The molecule has 1 fully saturated rings. The zero-order chi connectivity index (χ0) is 16.2. The second-order valence-corrected chi connectivity index (χ2v) is 6.36. The highest BCUT2D eigenvalue weighted by molar-refractivity contribution is 5.96. The molecule has 3 heteroatoms.